The Morgan fingerprint density at radius 1 is 1.71 bits per heavy atom. The van der Waals surface area contributed by atoms with Gasteiger partial charge in [-0.3, -0.25) is 0 Å². The Balaban J connectivity index is 2.33. The number of nitriles is 1. The largest absolute Gasteiger partial charge is 0.358 e. The molecule has 1 aromatic rings. The van der Waals surface area contributed by atoms with Crippen LogP contribution in [0.5, 0.6) is 0 Å². The Labute approximate surface area is 79.7 Å². The third-order valence-electron chi connectivity index (χ3n) is 2.67. The van der Waals surface area contributed by atoms with Gasteiger partial charge in [-0.25, -0.2) is 0 Å². The second kappa shape index (κ2) is 2.80. The molecule has 0 amide bonds. The number of hydrogen-bond acceptors (Lipinski definition) is 4. The molecule has 1 N–H and O–H groups in total. The van der Waals surface area contributed by atoms with E-state index in [2.05, 4.69) is 16.3 Å². The average molecular weight is 192 g/mol. The van der Waals surface area contributed by atoms with Gasteiger partial charge in [0.2, 0.25) is 0 Å². The first-order valence-corrected chi connectivity index (χ1v) is 4.29. The molecule has 14 heavy (non-hydrogen) atoms. The van der Waals surface area contributed by atoms with Crippen LogP contribution in [0.1, 0.15) is 25.0 Å². The van der Waals surface area contributed by atoms with Gasteiger partial charge >= 0.3 is 5.82 Å². The zero-order valence-corrected chi connectivity index (χ0v) is 7.36. The van der Waals surface area contributed by atoms with Gasteiger partial charge in [0.1, 0.15) is 11.1 Å². The lowest BCUT2D eigenvalue weighted by Crippen LogP contribution is -2.32. The molecule has 1 heterocycles. The van der Waals surface area contributed by atoms with Crippen LogP contribution in [0.25, 0.3) is 0 Å². The number of hydrogen-bond donors (Lipinski definition) is 1. The summed E-state index contributed by atoms with van der Waals surface area (Å²) in [6, 6.07) is 3.53. The number of aromatic amines is 1. The third-order valence-corrected chi connectivity index (χ3v) is 2.67. The van der Waals surface area contributed by atoms with Gasteiger partial charge in [0, 0.05) is 0 Å². The van der Waals surface area contributed by atoms with E-state index in [4.69, 9.17) is 5.26 Å². The van der Waals surface area contributed by atoms with Gasteiger partial charge in [-0.2, -0.15) is 5.26 Å². The Hall–Kier alpha value is -1.90. The van der Waals surface area contributed by atoms with Gasteiger partial charge in [0.25, 0.3) is 0 Å². The fourth-order valence-electron chi connectivity index (χ4n) is 1.61. The van der Waals surface area contributed by atoms with E-state index >= 15 is 0 Å². The van der Waals surface area contributed by atoms with Crippen molar-refractivity contribution in [2.24, 2.45) is 0 Å². The summed E-state index contributed by atoms with van der Waals surface area (Å²) in [5.41, 5.74) is -0.0805. The van der Waals surface area contributed by atoms with E-state index in [1.54, 1.807) is 0 Å². The Bertz CT molecular complexity index is 413. The molecule has 0 radical (unpaired) electrons. The topological polar surface area (TPSA) is 95.6 Å². The molecule has 6 nitrogen and oxygen atoms in total. The van der Waals surface area contributed by atoms with Gasteiger partial charge in [-0.1, -0.05) is 5.10 Å². The number of aromatic nitrogens is 2. The van der Waals surface area contributed by atoms with E-state index in [1.165, 1.54) is 6.07 Å². The van der Waals surface area contributed by atoms with Crippen molar-refractivity contribution in [3.05, 3.63) is 21.9 Å². The first-order chi connectivity index (χ1) is 6.68. The van der Waals surface area contributed by atoms with Gasteiger partial charge < -0.3 is 10.1 Å². The maximum atomic E-state index is 10.4. The minimum absolute atomic E-state index is 0.151. The van der Waals surface area contributed by atoms with Gasteiger partial charge in [0.05, 0.1) is 12.1 Å². The molecule has 1 aliphatic rings. The number of nitrogens with one attached hydrogen (secondary N) is 1. The molecular weight excluding hydrogens is 184 g/mol. The molecular formula is C8H8N4O2. The Morgan fingerprint density at radius 2 is 2.43 bits per heavy atom. The van der Waals surface area contributed by atoms with Crippen molar-refractivity contribution in [2.75, 3.05) is 0 Å². The molecule has 6 heteroatoms. The molecule has 2 rings (SSSR count). The zero-order chi connectivity index (χ0) is 10.2. The molecule has 0 spiro atoms. The summed E-state index contributed by atoms with van der Waals surface area (Å²) in [6.07, 6.45) is 2.46. The van der Waals surface area contributed by atoms with Crippen molar-refractivity contribution in [3.63, 3.8) is 0 Å². The standard InChI is InChI=1S/C8H8N4O2/c9-5-8(2-1-3-8)6-4-7(11-10-6)12(13)14/h4H,1-3H2,(H,10,11). The lowest BCUT2D eigenvalue weighted by atomic mass is 9.68. The minimum Gasteiger partial charge on any atom is -0.358 e. The smallest absolute Gasteiger partial charge is 0.342 e. The zero-order valence-electron chi connectivity index (χ0n) is 7.36. The van der Waals surface area contributed by atoms with E-state index in [0.29, 0.717) is 5.69 Å². The number of nitrogens with zero attached hydrogens (tertiary/aromatic N) is 3. The van der Waals surface area contributed by atoms with Crippen LogP contribution < -0.4 is 0 Å². The third kappa shape index (κ3) is 1.06. The number of nitro groups is 1. The highest BCUT2D eigenvalue weighted by Crippen LogP contribution is 2.42. The van der Waals surface area contributed by atoms with Gasteiger partial charge in [-0.15, -0.1) is 5.10 Å². The molecule has 1 aliphatic carbocycles. The Kier molecular flexibility index (Phi) is 1.74. The predicted octanol–water partition coefficient (Wildman–Crippen LogP) is 1.26. The van der Waals surface area contributed by atoms with Crippen LogP contribution in [-0.4, -0.2) is 15.1 Å². The molecule has 1 aromatic heterocycles. The quantitative estimate of drug-likeness (QED) is 0.563. The summed E-state index contributed by atoms with van der Waals surface area (Å²) < 4.78 is 0. The van der Waals surface area contributed by atoms with Crippen molar-refractivity contribution >= 4 is 5.82 Å². The van der Waals surface area contributed by atoms with Crippen LogP contribution in [0.3, 0.4) is 0 Å². The second-order valence-corrected chi connectivity index (χ2v) is 3.44. The molecule has 1 fully saturated rings. The van der Waals surface area contributed by atoms with Crippen molar-refractivity contribution < 1.29 is 4.92 Å². The molecule has 0 aliphatic heterocycles. The summed E-state index contributed by atoms with van der Waals surface area (Å²) in [7, 11) is 0. The van der Waals surface area contributed by atoms with Crippen molar-refractivity contribution in [3.8, 4) is 6.07 Å². The molecule has 0 saturated heterocycles. The van der Waals surface area contributed by atoms with E-state index < -0.39 is 10.3 Å². The highest BCUT2D eigenvalue weighted by molar-refractivity contribution is 5.34. The minimum atomic E-state index is -0.579. The van der Waals surface area contributed by atoms with Crippen LogP contribution in [0, 0.1) is 21.4 Å². The summed E-state index contributed by atoms with van der Waals surface area (Å²) in [6.45, 7) is 0. The predicted molar refractivity (Wildman–Crippen MR) is 46.4 cm³/mol. The highest BCUT2D eigenvalue weighted by Gasteiger charge is 2.42. The van der Waals surface area contributed by atoms with Crippen LogP contribution in [-0.2, 0) is 5.41 Å². The van der Waals surface area contributed by atoms with Crippen LogP contribution in [0.2, 0.25) is 0 Å². The highest BCUT2D eigenvalue weighted by atomic mass is 16.6. The number of H-pyrrole nitrogens is 1. The summed E-state index contributed by atoms with van der Waals surface area (Å²) >= 11 is 0. The fourth-order valence-corrected chi connectivity index (χ4v) is 1.61. The lowest BCUT2D eigenvalue weighted by Gasteiger charge is -2.32. The Morgan fingerprint density at radius 3 is 2.79 bits per heavy atom. The van der Waals surface area contributed by atoms with Crippen LogP contribution in [0.4, 0.5) is 5.82 Å². The maximum Gasteiger partial charge on any atom is 0.342 e. The van der Waals surface area contributed by atoms with Gasteiger partial charge in [-0.05, 0) is 24.2 Å². The monoisotopic (exact) mass is 192 g/mol. The molecule has 1 saturated carbocycles. The SMILES string of the molecule is N#CC1(c2cc([N+](=O)[O-])[nH]n2)CCC1. The normalized spacial score (nSPS) is 18.2. The van der Waals surface area contributed by atoms with E-state index in [0.717, 1.165) is 19.3 Å². The van der Waals surface area contributed by atoms with E-state index in [-0.39, 0.29) is 5.82 Å². The summed E-state index contributed by atoms with van der Waals surface area (Å²) in [4.78, 5) is 9.85. The van der Waals surface area contributed by atoms with Crippen molar-refractivity contribution in [2.45, 2.75) is 24.7 Å². The maximum absolute atomic E-state index is 10.4. The number of rotatable bonds is 2. The molecule has 72 valence electrons. The first-order valence-electron chi connectivity index (χ1n) is 4.29. The molecule has 0 atom stereocenters. The van der Waals surface area contributed by atoms with Crippen LogP contribution in [0.15, 0.2) is 6.07 Å². The lowest BCUT2D eigenvalue weighted by molar-refractivity contribution is -0.389. The molecule has 0 bridgehead atoms. The molecule has 0 aromatic carbocycles. The fraction of sp³-hybridized carbons (Fsp3) is 0.500. The average Bonchev–Trinajstić information content (AvgIpc) is 2.52. The summed E-state index contributed by atoms with van der Waals surface area (Å²) in [5.74, 6) is -0.151. The molecule has 0 unspecified atom stereocenters. The van der Waals surface area contributed by atoms with Crippen molar-refractivity contribution in [1.82, 2.24) is 10.2 Å². The van der Waals surface area contributed by atoms with Crippen LogP contribution >= 0.6 is 0 Å². The van der Waals surface area contributed by atoms with E-state index in [9.17, 15) is 10.1 Å². The first kappa shape index (κ1) is 8.69. The van der Waals surface area contributed by atoms with E-state index in [1.807, 2.05) is 0 Å². The van der Waals surface area contributed by atoms with Gasteiger partial charge in [0.15, 0.2) is 0 Å². The van der Waals surface area contributed by atoms with Crippen molar-refractivity contribution in [1.29, 1.82) is 5.26 Å². The summed E-state index contributed by atoms with van der Waals surface area (Å²) in [5, 5.41) is 25.5. The second-order valence-electron chi connectivity index (χ2n) is 3.44.